The fourth-order valence-electron chi connectivity index (χ4n) is 3.29. The molecule has 0 saturated carbocycles. The highest BCUT2D eigenvalue weighted by molar-refractivity contribution is 5.94. The molecule has 0 bridgehead atoms. The molecule has 2 aromatic heterocycles. The molecule has 0 spiro atoms. The topological polar surface area (TPSA) is 79.5 Å². The van der Waals surface area contributed by atoms with Crippen LogP contribution in [0.5, 0.6) is 0 Å². The molecule has 1 aliphatic heterocycles. The van der Waals surface area contributed by atoms with Gasteiger partial charge in [0, 0.05) is 43.6 Å². The molecule has 3 heterocycles. The first kappa shape index (κ1) is 16.3. The Bertz CT molecular complexity index is 788. The minimum absolute atomic E-state index is 0.0293. The van der Waals surface area contributed by atoms with Gasteiger partial charge in [0.05, 0.1) is 12.1 Å². The van der Waals surface area contributed by atoms with E-state index in [4.69, 9.17) is 5.21 Å². The summed E-state index contributed by atoms with van der Waals surface area (Å²) in [5.41, 5.74) is 3.41. The maximum atomic E-state index is 12.9. The number of hydrogen-bond acceptors (Lipinski definition) is 3. The van der Waals surface area contributed by atoms with Crippen molar-refractivity contribution >= 4 is 11.8 Å². The molecule has 2 aromatic rings. The van der Waals surface area contributed by atoms with Crippen LogP contribution in [0.15, 0.2) is 30.6 Å². The van der Waals surface area contributed by atoms with Crippen molar-refractivity contribution in [2.45, 2.75) is 26.9 Å². The Morgan fingerprint density at radius 3 is 2.67 bits per heavy atom. The Morgan fingerprint density at radius 2 is 2.04 bits per heavy atom. The minimum atomic E-state index is -0.548. The minimum Gasteiger partial charge on any atom is -0.348 e. The SMILES string of the molecule is Cn1cccc1C(=O)N1Cc2cc(C(=O)NO)cn2CC(C)(C)C1. The Balaban J connectivity index is 1.95. The summed E-state index contributed by atoms with van der Waals surface area (Å²) in [5.74, 6) is -0.577. The van der Waals surface area contributed by atoms with Crippen molar-refractivity contribution in [2.24, 2.45) is 12.5 Å². The smallest absolute Gasteiger partial charge is 0.276 e. The Labute approximate surface area is 140 Å². The van der Waals surface area contributed by atoms with Crippen LogP contribution in [-0.4, -0.2) is 37.6 Å². The second-order valence-corrected chi connectivity index (χ2v) is 7.12. The zero-order chi connectivity index (χ0) is 17.5. The number of rotatable bonds is 2. The molecular formula is C17H22N4O3. The zero-order valence-corrected chi connectivity index (χ0v) is 14.1. The summed E-state index contributed by atoms with van der Waals surface area (Å²) in [6.07, 6.45) is 3.57. The quantitative estimate of drug-likeness (QED) is 0.649. The molecule has 0 saturated heterocycles. The van der Waals surface area contributed by atoms with Crippen molar-refractivity contribution in [3.63, 3.8) is 0 Å². The molecule has 2 N–H and O–H groups in total. The van der Waals surface area contributed by atoms with Crippen molar-refractivity contribution in [1.82, 2.24) is 19.5 Å². The predicted molar refractivity (Wildman–Crippen MR) is 87.6 cm³/mol. The zero-order valence-electron chi connectivity index (χ0n) is 14.1. The molecule has 0 unspecified atom stereocenters. The molecule has 0 aliphatic carbocycles. The standard InChI is InChI=1S/C17H22N4O3/c1-17(2)10-20-8-12(15(22)18-24)7-13(20)9-21(11-17)16(23)14-5-4-6-19(14)3/h4-8,24H,9-11H2,1-3H3,(H,18,22). The van der Waals surface area contributed by atoms with Crippen molar-refractivity contribution in [1.29, 1.82) is 0 Å². The number of carbonyl (C=O) groups is 2. The number of nitrogens with zero attached hydrogens (tertiary/aromatic N) is 3. The second kappa shape index (κ2) is 5.83. The van der Waals surface area contributed by atoms with Crippen LogP contribution in [-0.2, 0) is 20.1 Å². The van der Waals surface area contributed by atoms with Gasteiger partial charge in [-0.05, 0) is 18.2 Å². The summed E-state index contributed by atoms with van der Waals surface area (Å²) in [6.45, 7) is 5.93. The summed E-state index contributed by atoms with van der Waals surface area (Å²) in [5, 5.41) is 8.83. The van der Waals surface area contributed by atoms with Gasteiger partial charge in [0.25, 0.3) is 11.8 Å². The monoisotopic (exact) mass is 330 g/mol. The molecule has 24 heavy (non-hydrogen) atoms. The normalized spacial score (nSPS) is 16.4. The third-order valence-corrected chi connectivity index (χ3v) is 4.37. The highest BCUT2D eigenvalue weighted by Crippen LogP contribution is 2.28. The number of hydroxylamine groups is 1. The molecule has 1 aliphatic rings. The van der Waals surface area contributed by atoms with Crippen molar-refractivity contribution < 1.29 is 14.8 Å². The summed E-state index contributed by atoms with van der Waals surface area (Å²) in [6, 6.07) is 5.38. The van der Waals surface area contributed by atoms with Crippen LogP contribution >= 0.6 is 0 Å². The van der Waals surface area contributed by atoms with Crippen LogP contribution in [0.2, 0.25) is 0 Å². The lowest BCUT2D eigenvalue weighted by Gasteiger charge is -2.29. The highest BCUT2D eigenvalue weighted by atomic mass is 16.5. The van der Waals surface area contributed by atoms with Gasteiger partial charge in [-0.2, -0.15) is 0 Å². The summed E-state index contributed by atoms with van der Waals surface area (Å²) >= 11 is 0. The molecule has 128 valence electrons. The molecule has 2 amide bonds. The van der Waals surface area contributed by atoms with Gasteiger partial charge in [0.1, 0.15) is 5.69 Å². The molecule has 0 fully saturated rings. The van der Waals surface area contributed by atoms with Gasteiger partial charge in [-0.15, -0.1) is 0 Å². The largest absolute Gasteiger partial charge is 0.348 e. The molecule has 3 rings (SSSR count). The van der Waals surface area contributed by atoms with E-state index in [9.17, 15) is 9.59 Å². The molecule has 7 heteroatoms. The first-order valence-electron chi connectivity index (χ1n) is 7.85. The third kappa shape index (κ3) is 2.94. The van der Waals surface area contributed by atoms with E-state index in [1.54, 1.807) is 17.7 Å². The van der Waals surface area contributed by atoms with Gasteiger partial charge in [-0.25, -0.2) is 5.48 Å². The fourth-order valence-corrected chi connectivity index (χ4v) is 3.29. The Morgan fingerprint density at radius 1 is 1.29 bits per heavy atom. The number of amides is 2. The Kier molecular flexibility index (Phi) is 3.96. The summed E-state index contributed by atoms with van der Waals surface area (Å²) < 4.78 is 3.80. The lowest BCUT2D eigenvalue weighted by atomic mass is 9.93. The molecule has 0 atom stereocenters. The van der Waals surface area contributed by atoms with E-state index in [1.165, 1.54) is 0 Å². The number of carbonyl (C=O) groups excluding carboxylic acids is 2. The number of fused-ring (bicyclic) bond motifs is 1. The van der Waals surface area contributed by atoms with Crippen molar-refractivity contribution in [3.05, 3.63) is 47.5 Å². The maximum absolute atomic E-state index is 12.9. The first-order chi connectivity index (χ1) is 11.3. The van der Waals surface area contributed by atoms with E-state index in [0.717, 1.165) is 5.69 Å². The second-order valence-electron chi connectivity index (χ2n) is 7.12. The molecular weight excluding hydrogens is 308 g/mol. The van der Waals surface area contributed by atoms with E-state index >= 15 is 0 Å². The van der Waals surface area contributed by atoms with Crippen LogP contribution < -0.4 is 5.48 Å². The number of aryl methyl sites for hydroxylation is 1. The van der Waals surface area contributed by atoms with Crippen LogP contribution in [0.1, 0.15) is 40.4 Å². The van der Waals surface area contributed by atoms with Crippen LogP contribution in [0.25, 0.3) is 0 Å². The molecule has 0 aromatic carbocycles. The number of nitrogens with one attached hydrogen (secondary N) is 1. The lowest BCUT2D eigenvalue weighted by molar-refractivity contribution is 0.0668. The summed E-state index contributed by atoms with van der Waals surface area (Å²) in [7, 11) is 1.85. The van der Waals surface area contributed by atoms with E-state index < -0.39 is 5.91 Å². The van der Waals surface area contributed by atoms with E-state index in [0.29, 0.717) is 30.9 Å². The van der Waals surface area contributed by atoms with Crippen LogP contribution in [0.3, 0.4) is 0 Å². The van der Waals surface area contributed by atoms with Crippen LogP contribution in [0, 0.1) is 5.41 Å². The van der Waals surface area contributed by atoms with Gasteiger partial charge in [0.15, 0.2) is 0 Å². The predicted octanol–water partition coefficient (Wildman–Crippen LogP) is 1.63. The molecule has 7 nitrogen and oxygen atoms in total. The van der Waals surface area contributed by atoms with E-state index in [-0.39, 0.29) is 11.3 Å². The third-order valence-electron chi connectivity index (χ3n) is 4.37. The number of hydrogen-bond donors (Lipinski definition) is 2. The van der Waals surface area contributed by atoms with Gasteiger partial charge in [0.2, 0.25) is 0 Å². The first-order valence-corrected chi connectivity index (χ1v) is 7.85. The Hall–Kier alpha value is -2.54. The average Bonchev–Trinajstić information content (AvgIpc) is 3.08. The van der Waals surface area contributed by atoms with Crippen molar-refractivity contribution in [3.8, 4) is 0 Å². The van der Waals surface area contributed by atoms with Gasteiger partial charge < -0.3 is 14.0 Å². The van der Waals surface area contributed by atoms with E-state index in [1.807, 2.05) is 39.4 Å². The summed E-state index contributed by atoms with van der Waals surface area (Å²) in [4.78, 5) is 26.4. The number of aromatic nitrogens is 2. The highest BCUT2D eigenvalue weighted by Gasteiger charge is 2.32. The van der Waals surface area contributed by atoms with Crippen LogP contribution in [0.4, 0.5) is 0 Å². The fraction of sp³-hybridized carbons (Fsp3) is 0.412. The van der Waals surface area contributed by atoms with Crippen molar-refractivity contribution in [2.75, 3.05) is 6.54 Å². The molecule has 0 radical (unpaired) electrons. The van der Waals surface area contributed by atoms with Gasteiger partial charge >= 0.3 is 0 Å². The van der Waals surface area contributed by atoms with Gasteiger partial charge in [-0.1, -0.05) is 13.8 Å². The van der Waals surface area contributed by atoms with Gasteiger partial charge in [-0.3, -0.25) is 14.8 Å². The van der Waals surface area contributed by atoms with E-state index in [2.05, 4.69) is 13.8 Å². The lowest BCUT2D eigenvalue weighted by Crippen LogP contribution is -2.38. The maximum Gasteiger partial charge on any atom is 0.276 e. The average molecular weight is 330 g/mol.